The number of hydrogen-bond acceptors (Lipinski definition) is 3. The van der Waals surface area contributed by atoms with Crippen molar-refractivity contribution in [2.45, 2.75) is 37.8 Å². The maximum absolute atomic E-state index is 11.9. The van der Waals surface area contributed by atoms with E-state index in [1.165, 1.54) is 0 Å². The Labute approximate surface area is 109 Å². The van der Waals surface area contributed by atoms with Crippen molar-refractivity contribution in [1.82, 2.24) is 10.3 Å². The van der Waals surface area contributed by atoms with Crippen molar-refractivity contribution in [3.63, 3.8) is 0 Å². The normalized spacial score (nSPS) is 24.4. The number of carbonyl (C=O) groups is 1. The fraction of sp³-hybridized carbons (Fsp3) is 0.500. The number of hydrogen-bond donors (Lipinski definition) is 2. The fourth-order valence-electron chi connectivity index (χ4n) is 2.03. The first-order chi connectivity index (χ1) is 8.16. The van der Waals surface area contributed by atoms with Gasteiger partial charge in [0.15, 0.2) is 0 Å². The van der Waals surface area contributed by atoms with Gasteiger partial charge in [0, 0.05) is 10.7 Å². The Hall–Kier alpha value is -0.940. The molecule has 2 N–H and O–H groups in total. The van der Waals surface area contributed by atoms with Crippen molar-refractivity contribution in [2.75, 3.05) is 0 Å². The third-order valence-corrected chi connectivity index (χ3v) is 3.48. The van der Waals surface area contributed by atoms with Crippen LogP contribution in [-0.4, -0.2) is 28.1 Å². The van der Waals surface area contributed by atoms with Crippen LogP contribution in [0.5, 0.6) is 0 Å². The second kappa shape index (κ2) is 5.60. The van der Waals surface area contributed by atoms with E-state index in [1.807, 2.05) is 0 Å². The summed E-state index contributed by atoms with van der Waals surface area (Å²) in [5.41, 5.74) is 0.381. The lowest BCUT2D eigenvalue weighted by Crippen LogP contribution is -2.45. The molecule has 0 unspecified atom stereocenters. The highest BCUT2D eigenvalue weighted by Gasteiger charge is 2.25. The van der Waals surface area contributed by atoms with Gasteiger partial charge in [-0.2, -0.15) is 0 Å². The highest BCUT2D eigenvalue weighted by Crippen LogP contribution is 2.18. The Bertz CT molecular complexity index is 394. The first kappa shape index (κ1) is 12.5. The number of rotatable bonds is 2. The van der Waals surface area contributed by atoms with Gasteiger partial charge in [-0.15, -0.1) is 0 Å². The van der Waals surface area contributed by atoms with Crippen molar-refractivity contribution in [1.29, 1.82) is 0 Å². The van der Waals surface area contributed by atoms with Gasteiger partial charge in [0.25, 0.3) is 5.91 Å². The van der Waals surface area contributed by atoms with Gasteiger partial charge in [-0.3, -0.25) is 4.79 Å². The standard InChI is InChI=1S/C12H15BrN2O2/c13-8-5-6-10(14-7-8)12(17)15-9-3-1-2-4-11(9)16/h5-7,9,11,16H,1-4H2,(H,15,17)/t9-,11-/m1/s1. The molecule has 0 aliphatic heterocycles. The van der Waals surface area contributed by atoms with Crippen molar-refractivity contribution >= 4 is 21.8 Å². The molecule has 2 atom stereocenters. The van der Waals surface area contributed by atoms with Crippen LogP contribution >= 0.6 is 15.9 Å². The Kier molecular flexibility index (Phi) is 4.12. The summed E-state index contributed by atoms with van der Waals surface area (Å²) in [6.07, 6.45) is 4.84. The van der Waals surface area contributed by atoms with Crippen LogP contribution in [0.15, 0.2) is 22.8 Å². The number of aliphatic hydroxyl groups excluding tert-OH is 1. The van der Waals surface area contributed by atoms with Gasteiger partial charge in [-0.1, -0.05) is 12.8 Å². The summed E-state index contributed by atoms with van der Waals surface area (Å²) in [6.45, 7) is 0. The molecule has 0 bridgehead atoms. The molecule has 0 aromatic carbocycles. The third-order valence-electron chi connectivity index (χ3n) is 3.01. The van der Waals surface area contributed by atoms with E-state index in [2.05, 4.69) is 26.2 Å². The average molecular weight is 299 g/mol. The molecule has 0 radical (unpaired) electrons. The van der Waals surface area contributed by atoms with Gasteiger partial charge in [-0.05, 0) is 40.9 Å². The summed E-state index contributed by atoms with van der Waals surface area (Å²) in [7, 11) is 0. The van der Waals surface area contributed by atoms with E-state index >= 15 is 0 Å². The first-order valence-corrected chi connectivity index (χ1v) is 6.56. The Balaban J connectivity index is 1.98. The Morgan fingerprint density at radius 2 is 2.18 bits per heavy atom. The molecule has 0 saturated heterocycles. The summed E-state index contributed by atoms with van der Waals surface area (Å²) in [5, 5.41) is 12.6. The smallest absolute Gasteiger partial charge is 0.270 e. The van der Waals surface area contributed by atoms with Crippen molar-refractivity contribution in [3.05, 3.63) is 28.5 Å². The van der Waals surface area contributed by atoms with Crippen LogP contribution in [0.3, 0.4) is 0 Å². The molecule has 1 aliphatic rings. The van der Waals surface area contributed by atoms with E-state index in [-0.39, 0.29) is 11.9 Å². The van der Waals surface area contributed by atoms with Gasteiger partial charge in [0.05, 0.1) is 12.1 Å². The minimum absolute atomic E-state index is 0.137. The molecule has 92 valence electrons. The number of aliphatic hydroxyl groups is 1. The molecule has 1 fully saturated rings. The second-order valence-electron chi connectivity index (χ2n) is 4.29. The molecular weight excluding hydrogens is 284 g/mol. The van der Waals surface area contributed by atoms with Crippen molar-refractivity contribution in [3.8, 4) is 0 Å². The number of halogens is 1. The van der Waals surface area contributed by atoms with E-state index in [4.69, 9.17) is 0 Å². The molecule has 1 aliphatic carbocycles. The average Bonchev–Trinajstić information content (AvgIpc) is 2.33. The van der Waals surface area contributed by atoms with Gasteiger partial charge >= 0.3 is 0 Å². The number of nitrogens with one attached hydrogen (secondary N) is 1. The molecule has 5 heteroatoms. The Morgan fingerprint density at radius 3 is 2.82 bits per heavy atom. The number of nitrogens with zero attached hydrogens (tertiary/aromatic N) is 1. The lowest BCUT2D eigenvalue weighted by atomic mass is 9.92. The quantitative estimate of drug-likeness (QED) is 0.876. The summed E-state index contributed by atoms with van der Waals surface area (Å²) in [5.74, 6) is -0.219. The van der Waals surface area contributed by atoms with Crippen LogP contribution in [-0.2, 0) is 0 Å². The number of amides is 1. The monoisotopic (exact) mass is 298 g/mol. The predicted octanol–water partition coefficient (Wildman–Crippen LogP) is 1.88. The number of aromatic nitrogens is 1. The molecule has 4 nitrogen and oxygen atoms in total. The van der Waals surface area contributed by atoms with E-state index in [0.717, 1.165) is 30.2 Å². The maximum atomic E-state index is 11.9. The first-order valence-electron chi connectivity index (χ1n) is 5.77. The Morgan fingerprint density at radius 1 is 1.41 bits per heavy atom. The largest absolute Gasteiger partial charge is 0.391 e. The van der Waals surface area contributed by atoms with E-state index in [0.29, 0.717) is 5.69 Å². The molecule has 1 heterocycles. The molecule has 1 aromatic rings. The SMILES string of the molecule is O=C(N[C@@H]1CCCC[C@H]1O)c1ccc(Br)cn1. The molecule has 1 aromatic heterocycles. The molecule has 1 amide bonds. The van der Waals surface area contributed by atoms with Crippen LogP contribution in [0.1, 0.15) is 36.2 Å². The second-order valence-corrected chi connectivity index (χ2v) is 5.21. The van der Waals surface area contributed by atoms with Crippen LogP contribution < -0.4 is 5.32 Å². The van der Waals surface area contributed by atoms with Crippen LogP contribution in [0.25, 0.3) is 0 Å². The molecule has 0 spiro atoms. The zero-order chi connectivity index (χ0) is 12.3. The van der Waals surface area contributed by atoms with Crippen molar-refractivity contribution < 1.29 is 9.90 Å². The van der Waals surface area contributed by atoms with Gasteiger partial charge in [0.1, 0.15) is 5.69 Å². The molecule has 17 heavy (non-hydrogen) atoms. The number of carbonyl (C=O) groups excluding carboxylic acids is 1. The minimum Gasteiger partial charge on any atom is -0.391 e. The highest BCUT2D eigenvalue weighted by molar-refractivity contribution is 9.10. The maximum Gasteiger partial charge on any atom is 0.270 e. The summed E-state index contributed by atoms with van der Waals surface area (Å²) in [6, 6.07) is 3.30. The molecular formula is C12H15BrN2O2. The zero-order valence-electron chi connectivity index (χ0n) is 9.40. The molecule has 1 saturated carbocycles. The van der Waals surface area contributed by atoms with E-state index in [9.17, 15) is 9.90 Å². The topological polar surface area (TPSA) is 62.2 Å². The summed E-state index contributed by atoms with van der Waals surface area (Å²) < 4.78 is 0.840. The van der Waals surface area contributed by atoms with Gasteiger partial charge in [0.2, 0.25) is 0 Å². The highest BCUT2D eigenvalue weighted by atomic mass is 79.9. The fourth-order valence-corrected chi connectivity index (χ4v) is 2.27. The number of pyridine rings is 1. The van der Waals surface area contributed by atoms with Gasteiger partial charge in [-0.25, -0.2) is 4.98 Å². The molecule has 2 rings (SSSR count). The predicted molar refractivity (Wildman–Crippen MR) is 67.7 cm³/mol. The van der Waals surface area contributed by atoms with E-state index < -0.39 is 6.10 Å². The van der Waals surface area contributed by atoms with Crippen LogP contribution in [0.4, 0.5) is 0 Å². The lowest BCUT2D eigenvalue weighted by molar-refractivity contribution is 0.0714. The third kappa shape index (κ3) is 3.26. The van der Waals surface area contributed by atoms with Gasteiger partial charge < -0.3 is 10.4 Å². The summed E-state index contributed by atoms with van der Waals surface area (Å²) >= 11 is 3.27. The van der Waals surface area contributed by atoms with Crippen LogP contribution in [0, 0.1) is 0 Å². The zero-order valence-corrected chi connectivity index (χ0v) is 11.0. The van der Waals surface area contributed by atoms with Crippen molar-refractivity contribution in [2.24, 2.45) is 0 Å². The van der Waals surface area contributed by atoms with E-state index in [1.54, 1.807) is 18.3 Å². The summed E-state index contributed by atoms with van der Waals surface area (Å²) in [4.78, 5) is 15.9. The lowest BCUT2D eigenvalue weighted by Gasteiger charge is -2.28. The van der Waals surface area contributed by atoms with Crippen LogP contribution in [0.2, 0.25) is 0 Å². The minimum atomic E-state index is -0.428.